The van der Waals surface area contributed by atoms with Gasteiger partial charge in [0.2, 0.25) is 0 Å². The Morgan fingerprint density at radius 3 is 2.73 bits per heavy atom. The van der Waals surface area contributed by atoms with Crippen LogP contribution in [0.15, 0.2) is 24.3 Å². The molecule has 0 radical (unpaired) electrons. The molecule has 2 atom stereocenters. The first kappa shape index (κ1) is 11.3. The van der Waals surface area contributed by atoms with Crippen LogP contribution < -0.4 is 5.11 Å². The summed E-state index contributed by atoms with van der Waals surface area (Å²) in [6, 6.07) is 1.90. The van der Waals surface area contributed by atoms with E-state index in [1.54, 1.807) is 18.2 Å². The van der Waals surface area contributed by atoms with E-state index in [4.69, 9.17) is 5.26 Å². The van der Waals surface area contributed by atoms with Crippen LogP contribution in [-0.2, 0) is 4.74 Å². The van der Waals surface area contributed by atoms with Gasteiger partial charge in [-0.3, -0.25) is 0 Å². The van der Waals surface area contributed by atoms with Crippen LogP contribution in [0.5, 0.6) is 0 Å². The number of nitrogens with zero attached hydrogens (tertiary/aromatic N) is 1. The lowest BCUT2D eigenvalue weighted by atomic mass is 9.77. The third kappa shape index (κ3) is 2.18. The highest BCUT2D eigenvalue weighted by Crippen LogP contribution is 2.33. The number of carbonyl (C=O) groups is 1. The summed E-state index contributed by atoms with van der Waals surface area (Å²) in [6.07, 6.45) is 4.93. The molecule has 0 heterocycles. The Balaban J connectivity index is 3.05. The van der Waals surface area contributed by atoms with E-state index in [1.165, 1.54) is 6.08 Å². The first-order valence-electron chi connectivity index (χ1n) is 4.69. The molecule has 1 rings (SSSR count). The van der Waals surface area contributed by atoms with E-state index in [9.17, 15) is 9.90 Å². The maximum absolute atomic E-state index is 10.5. The van der Waals surface area contributed by atoms with Crippen LogP contribution >= 0.6 is 0 Å². The number of carboxylic acid groups (broad SMARTS) is 1. The molecule has 2 unspecified atom stereocenters. The Morgan fingerprint density at radius 1 is 1.60 bits per heavy atom. The van der Waals surface area contributed by atoms with Crippen molar-refractivity contribution in [2.45, 2.75) is 19.4 Å². The summed E-state index contributed by atoms with van der Waals surface area (Å²) in [7, 11) is 0. The first-order chi connectivity index (χ1) is 7.02. The van der Waals surface area contributed by atoms with Crippen molar-refractivity contribution in [2.24, 2.45) is 11.8 Å². The molecule has 15 heavy (non-hydrogen) atoms. The number of carbonyl (C=O) groups excluding carboxylic acids is 1. The molecule has 0 saturated carbocycles. The Morgan fingerprint density at radius 2 is 2.27 bits per heavy atom. The fourth-order valence-corrected chi connectivity index (χ4v) is 1.73. The topological polar surface area (TPSA) is 73.1 Å². The monoisotopic (exact) mass is 206 g/mol. The van der Waals surface area contributed by atoms with Gasteiger partial charge in [-0.1, -0.05) is 32.1 Å². The van der Waals surface area contributed by atoms with Gasteiger partial charge in [0.25, 0.3) is 6.16 Å². The summed E-state index contributed by atoms with van der Waals surface area (Å²) in [5.74, 6) is -0.185. The van der Waals surface area contributed by atoms with Crippen molar-refractivity contribution in [3.8, 4) is 6.07 Å². The Kier molecular flexibility index (Phi) is 3.15. The van der Waals surface area contributed by atoms with Crippen molar-refractivity contribution < 1.29 is 14.6 Å². The molecule has 1 aliphatic rings. The van der Waals surface area contributed by atoms with Gasteiger partial charge in [-0.25, -0.2) is 0 Å². The second kappa shape index (κ2) is 4.18. The zero-order valence-corrected chi connectivity index (χ0v) is 8.64. The molecule has 0 N–H and O–H groups in total. The predicted molar refractivity (Wildman–Crippen MR) is 51.4 cm³/mol. The number of allylic oxidation sites excluding steroid dienone is 2. The number of nitriles is 1. The summed E-state index contributed by atoms with van der Waals surface area (Å²) in [4.78, 5) is 10.5. The third-order valence-electron chi connectivity index (χ3n) is 2.41. The number of ether oxygens (including phenoxy) is 1. The Labute approximate surface area is 88.5 Å². The third-order valence-corrected chi connectivity index (χ3v) is 2.41. The molecule has 0 saturated heterocycles. The lowest BCUT2D eigenvalue weighted by molar-refractivity contribution is -0.291. The van der Waals surface area contributed by atoms with E-state index in [0.717, 1.165) is 0 Å². The smallest absolute Gasteiger partial charge is 0.253 e. The van der Waals surface area contributed by atoms with E-state index < -0.39 is 11.8 Å². The van der Waals surface area contributed by atoms with Crippen LogP contribution in [0, 0.1) is 23.2 Å². The van der Waals surface area contributed by atoms with E-state index in [1.807, 2.05) is 19.9 Å². The van der Waals surface area contributed by atoms with Crippen LogP contribution in [-0.4, -0.2) is 11.8 Å². The Bertz CT molecular complexity index is 351. The normalized spacial score (nSPS) is 28.8. The van der Waals surface area contributed by atoms with E-state index in [2.05, 4.69) is 4.74 Å². The minimum absolute atomic E-state index is 0.102. The van der Waals surface area contributed by atoms with Crippen molar-refractivity contribution in [1.29, 1.82) is 5.26 Å². The maximum Gasteiger partial charge on any atom is 0.253 e. The molecular weight excluding hydrogens is 194 g/mol. The van der Waals surface area contributed by atoms with Gasteiger partial charge in [0.05, 0.1) is 6.07 Å². The summed E-state index contributed by atoms with van der Waals surface area (Å²) >= 11 is 0. The quantitative estimate of drug-likeness (QED) is 0.632. The highest BCUT2D eigenvalue weighted by molar-refractivity contribution is 5.57. The molecule has 0 amide bonds. The largest absolute Gasteiger partial charge is 0.524 e. The SMILES string of the molecule is CC(C)C1C=CC=CC1(C#N)OC(=O)[O-]. The lowest BCUT2D eigenvalue weighted by Crippen LogP contribution is -2.45. The second-order valence-corrected chi connectivity index (χ2v) is 3.77. The van der Waals surface area contributed by atoms with Gasteiger partial charge in [-0.2, -0.15) is 5.26 Å². The molecular formula is C11H12NO3-. The minimum Gasteiger partial charge on any atom is -0.524 e. The number of hydrogen-bond donors (Lipinski definition) is 0. The lowest BCUT2D eigenvalue weighted by Gasteiger charge is -2.37. The van der Waals surface area contributed by atoms with Gasteiger partial charge >= 0.3 is 0 Å². The van der Waals surface area contributed by atoms with Crippen LogP contribution in [0.4, 0.5) is 4.79 Å². The van der Waals surface area contributed by atoms with Crippen molar-refractivity contribution in [3.63, 3.8) is 0 Å². The fraction of sp³-hybridized carbons (Fsp3) is 0.455. The van der Waals surface area contributed by atoms with Crippen molar-refractivity contribution >= 4 is 6.16 Å². The second-order valence-electron chi connectivity index (χ2n) is 3.77. The van der Waals surface area contributed by atoms with Crippen molar-refractivity contribution in [1.82, 2.24) is 0 Å². The van der Waals surface area contributed by atoms with Gasteiger partial charge in [-0.15, -0.1) is 0 Å². The molecule has 0 aliphatic heterocycles. The van der Waals surface area contributed by atoms with E-state index >= 15 is 0 Å². The standard InChI is InChI=1S/C11H13NO3/c1-8(2)9-5-3-4-6-11(9,7-12)15-10(13)14/h3-6,8-9H,1-2H3,(H,13,14)/p-1. The van der Waals surface area contributed by atoms with Gasteiger partial charge in [0.1, 0.15) is 0 Å². The van der Waals surface area contributed by atoms with Crippen LogP contribution in [0.2, 0.25) is 0 Å². The molecule has 0 aromatic heterocycles. The zero-order valence-electron chi connectivity index (χ0n) is 8.64. The number of rotatable bonds is 2. The molecule has 80 valence electrons. The van der Waals surface area contributed by atoms with E-state index in [0.29, 0.717) is 0 Å². The van der Waals surface area contributed by atoms with Crippen LogP contribution in [0.3, 0.4) is 0 Å². The summed E-state index contributed by atoms with van der Waals surface area (Å²) in [5.41, 5.74) is -1.44. The minimum atomic E-state index is -1.68. The van der Waals surface area contributed by atoms with Crippen molar-refractivity contribution in [3.05, 3.63) is 24.3 Å². The van der Waals surface area contributed by atoms with Crippen LogP contribution in [0.25, 0.3) is 0 Å². The molecule has 0 bridgehead atoms. The summed E-state index contributed by atoms with van der Waals surface area (Å²) < 4.78 is 4.61. The zero-order chi connectivity index (χ0) is 11.5. The van der Waals surface area contributed by atoms with E-state index in [-0.39, 0.29) is 11.8 Å². The molecule has 0 aromatic rings. The molecule has 4 nitrogen and oxygen atoms in total. The average molecular weight is 206 g/mol. The molecule has 0 aromatic carbocycles. The molecule has 0 spiro atoms. The maximum atomic E-state index is 10.5. The average Bonchev–Trinajstić information content (AvgIpc) is 2.17. The molecule has 0 fully saturated rings. The van der Waals surface area contributed by atoms with Crippen LogP contribution in [0.1, 0.15) is 13.8 Å². The van der Waals surface area contributed by atoms with Gasteiger partial charge in [0.15, 0.2) is 5.60 Å². The Hall–Kier alpha value is -1.76. The summed E-state index contributed by atoms with van der Waals surface area (Å²) in [5, 5.41) is 19.5. The highest BCUT2D eigenvalue weighted by Gasteiger charge is 2.37. The van der Waals surface area contributed by atoms with Gasteiger partial charge in [-0.05, 0) is 12.0 Å². The summed E-state index contributed by atoms with van der Waals surface area (Å²) in [6.45, 7) is 3.80. The molecule has 1 aliphatic carbocycles. The van der Waals surface area contributed by atoms with Gasteiger partial charge < -0.3 is 14.6 Å². The first-order valence-corrected chi connectivity index (χ1v) is 4.69. The number of hydrogen-bond acceptors (Lipinski definition) is 4. The van der Waals surface area contributed by atoms with Crippen molar-refractivity contribution in [2.75, 3.05) is 0 Å². The van der Waals surface area contributed by atoms with Gasteiger partial charge in [0, 0.05) is 5.92 Å². The fourth-order valence-electron chi connectivity index (χ4n) is 1.73. The predicted octanol–water partition coefficient (Wildman–Crippen LogP) is 1.01. The molecule has 4 heteroatoms. The highest BCUT2D eigenvalue weighted by atomic mass is 16.7.